The first-order valence-corrected chi connectivity index (χ1v) is 7.94. The van der Waals surface area contributed by atoms with E-state index in [0.717, 1.165) is 0 Å². The Morgan fingerprint density at radius 1 is 1.33 bits per heavy atom. The van der Waals surface area contributed by atoms with Gasteiger partial charge in [0.2, 0.25) is 0 Å². The van der Waals surface area contributed by atoms with Crippen LogP contribution in [-0.2, 0) is 23.7 Å². The average Bonchev–Trinajstić information content (AvgIpc) is 3.00. The Morgan fingerprint density at radius 2 is 1.96 bits per heavy atom. The highest BCUT2D eigenvalue weighted by Crippen LogP contribution is 2.30. The molecule has 0 radical (unpaired) electrons. The van der Waals surface area contributed by atoms with Gasteiger partial charge in [-0.3, -0.25) is 4.18 Å². The SMILES string of the molecule is CC(SOOO)c1nnc(S(=O)(=O)OCC(F)C(F)(F)C(F)F)[n-]1. The van der Waals surface area contributed by atoms with Crippen molar-refractivity contribution in [2.75, 3.05) is 6.61 Å². The van der Waals surface area contributed by atoms with Gasteiger partial charge in [-0.2, -0.15) is 17.2 Å². The third kappa shape index (κ3) is 5.21. The molecule has 0 saturated heterocycles. The first-order chi connectivity index (χ1) is 11.0. The fraction of sp³-hybridized carbons (Fsp3) is 0.750. The van der Waals surface area contributed by atoms with E-state index in [1.807, 2.05) is 0 Å². The predicted molar refractivity (Wildman–Crippen MR) is 65.1 cm³/mol. The van der Waals surface area contributed by atoms with Crippen LogP contribution in [0.4, 0.5) is 22.0 Å². The van der Waals surface area contributed by atoms with Crippen LogP contribution in [0.3, 0.4) is 0 Å². The summed E-state index contributed by atoms with van der Waals surface area (Å²) in [7, 11) is -4.91. The Kier molecular flexibility index (Phi) is 7.29. The first-order valence-electron chi connectivity index (χ1n) is 5.72. The smallest absolute Gasteiger partial charge is 0.340 e. The normalized spacial score (nSPS) is 15.7. The van der Waals surface area contributed by atoms with E-state index in [4.69, 9.17) is 5.26 Å². The van der Waals surface area contributed by atoms with Crippen LogP contribution >= 0.6 is 12.0 Å². The summed E-state index contributed by atoms with van der Waals surface area (Å²) < 4.78 is 93.3. The monoisotopic (exact) mass is 402 g/mol. The van der Waals surface area contributed by atoms with E-state index in [0.29, 0.717) is 12.0 Å². The highest BCUT2D eigenvalue weighted by Gasteiger charge is 2.50. The van der Waals surface area contributed by atoms with Gasteiger partial charge < -0.3 is 15.2 Å². The minimum atomic E-state index is -5.08. The Labute approximate surface area is 135 Å². The molecule has 1 heterocycles. The van der Waals surface area contributed by atoms with Crippen molar-refractivity contribution in [1.29, 1.82) is 0 Å². The van der Waals surface area contributed by atoms with Crippen LogP contribution in [-0.4, -0.2) is 49.0 Å². The van der Waals surface area contributed by atoms with Crippen molar-refractivity contribution < 1.29 is 49.2 Å². The van der Waals surface area contributed by atoms with Gasteiger partial charge in [0.25, 0.3) is 0 Å². The minimum Gasteiger partial charge on any atom is -0.351 e. The van der Waals surface area contributed by atoms with Crippen molar-refractivity contribution in [2.45, 2.75) is 35.8 Å². The maximum atomic E-state index is 13.0. The topological polar surface area (TPSA) is 122 Å². The summed E-state index contributed by atoms with van der Waals surface area (Å²) in [4.78, 5) is 3.38. The molecule has 0 fully saturated rings. The number of halogens is 5. The Hall–Kier alpha value is -1.07. The number of nitrogens with zero attached hydrogens (tertiary/aromatic N) is 3. The fourth-order valence-electron chi connectivity index (χ4n) is 1.08. The molecular formula is C8H9F5N3O6S2-. The van der Waals surface area contributed by atoms with Crippen molar-refractivity contribution in [3.63, 3.8) is 0 Å². The number of aromatic nitrogens is 3. The van der Waals surface area contributed by atoms with Crippen LogP contribution in [0, 0.1) is 0 Å². The van der Waals surface area contributed by atoms with Gasteiger partial charge in [-0.25, -0.2) is 18.4 Å². The summed E-state index contributed by atoms with van der Waals surface area (Å²) in [6, 6.07) is 0. The van der Waals surface area contributed by atoms with Gasteiger partial charge >= 0.3 is 22.5 Å². The van der Waals surface area contributed by atoms with Crippen LogP contribution in [0.2, 0.25) is 0 Å². The predicted octanol–water partition coefficient (Wildman–Crippen LogP) is 1.51. The van der Waals surface area contributed by atoms with Crippen molar-refractivity contribution >= 4 is 22.2 Å². The molecule has 0 aliphatic rings. The van der Waals surface area contributed by atoms with E-state index in [1.165, 1.54) is 6.92 Å². The zero-order valence-corrected chi connectivity index (χ0v) is 13.1. The van der Waals surface area contributed by atoms with Crippen LogP contribution in [0.15, 0.2) is 5.16 Å². The van der Waals surface area contributed by atoms with Crippen LogP contribution in [0.1, 0.15) is 18.0 Å². The molecule has 0 aromatic carbocycles. The number of alkyl halides is 5. The van der Waals surface area contributed by atoms with E-state index in [2.05, 4.69) is 28.7 Å². The van der Waals surface area contributed by atoms with Gasteiger partial charge in [0.15, 0.2) is 6.17 Å². The quantitative estimate of drug-likeness (QED) is 0.203. The van der Waals surface area contributed by atoms with E-state index < -0.39 is 45.7 Å². The van der Waals surface area contributed by atoms with E-state index in [9.17, 15) is 30.4 Å². The third-order valence-electron chi connectivity index (χ3n) is 2.33. The van der Waals surface area contributed by atoms with Crippen molar-refractivity contribution in [3.8, 4) is 0 Å². The van der Waals surface area contributed by atoms with E-state index in [1.54, 1.807) is 0 Å². The largest absolute Gasteiger partial charge is 0.351 e. The molecule has 140 valence electrons. The summed E-state index contributed by atoms with van der Waals surface area (Å²) >= 11 is 0.463. The fourth-order valence-corrected chi connectivity index (χ4v) is 2.17. The molecule has 1 aromatic heterocycles. The molecule has 0 bridgehead atoms. The lowest BCUT2D eigenvalue weighted by Crippen LogP contribution is -2.40. The third-order valence-corrected chi connectivity index (χ3v) is 4.03. The van der Waals surface area contributed by atoms with Gasteiger partial charge in [0.1, 0.15) is 11.8 Å². The molecule has 2 unspecified atom stereocenters. The number of rotatable bonds is 10. The van der Waals surface area contributed by atoms with Crippen molar-refractivity contribution in [3.05, 3.63) is 5.82 Å². The Bertz CT molecular complexity index is 629. The molecular weight excluding hydrogens is 393 g/mol. The molecule has 0 amide bonds. The molecule has 0 saturated carbocycles. The molecule has 0 aliphatic carbocycles. The van der Waals surface area contributed by atoms with Gasteiger partial charge in [0, 0.05) is 17.9 Å². The second-order valence-electron chi connectivity index (χ2n) is 4.02. The van der Waals surface area contributed by atoms with Gasteiger partial charge in [0.05, 0.1) is 5.25 Å². The molecule has 9 nitrogen and oxygen atoms in total. The molecule has 0 spiro atoms. The average molecular weight is 402 g/mol. The molecule has 1 rings (SSSR count). The molecule has 0 aliphatic heterocycles. The zero-order valence-electron chi connectivity index (χ0n) is 11.5. The summed E-state index contributed by atoms with van der Waals surface area (Å²) in [5, 5.41) is 15.8. The van der Waals surface area contributed by atoms with Gasteiger partial charge in [-0.05, 0) is 6.92 Å². The maximum Gasteiger partial charge on any atom is 0.340 e. The standard InChI is InChI=1S/C8H9F5N3O6S2/c1-3(23-22-21-17)5-14-7(16-15-5)24(18,19)20-2-4(9)8(12,13)6(10)11/h3-4,6H,2H2,1H3,(H-,14,15,16,17)/q-1. The van der Waals surface area contributed by atoms with Crippen LogP contribution < -0.4 is 4.98 Å². The second kappa shape index (κ2) is 8.34. The molecule has 2 atom stereocenters. The second-order valence-corrected chi connectivity index (χ2v) is 6.56. The lowest BCUT2D eigenvalue weighted by Gasteiger charge is -2.19. The zero-order chi connectivity index (χ0) is 18.5. The summed E-state index contributed by atoms with van der Waals surface area (Å²) in [5.41, 5.74) is 0. The van der Waals surface area contributed by atoms with Gasteiger partial charge in [-0.1, -0.05) is 5.04 Å². The van der Waals surface area contributed by atoms with Crippen LogP contribution in [0.5, 0.6) is 0 Å². The van der Waals surface area contributed by atoms with E-state index in [-0.39, 0.29) is 5.82 Å². The van der Waals surface area contributed by atoms with Gasteiger partial charge in [-0.15, -0.1) is 4.33 Å². The van der Waals surface area contributed by atoms with Crippen LogP contribution in [0.25, 0.3) is 0 Å². The highest BCUT2D eigenvalue weighted by atomic mass is 32.2. The molecule has 16 heteroatoms. The molecule has 24 heavy (non-hydrogen) atoms. The minimum absolute atomic E-state index is 0.242. The summed E-state index contributed by atoms with van der Waals surface area (Å²) in [6.45, 7) is -0.478. The summed E-state index contributed by atoms with van der Waals surface area (Å²) in [5.74, 6) is -5.33. The molecule has 1 N–H and O–H groups in total. The van der Waals surface area contributed by atoms with E-state index >= 15 is 0 Å². The maximum absolute atomic E-state index is 13.0. The first kappa shape index (κ1) is 21.0. The lowest BCUT2D eigenvalue weighted by molar-refractivity contribution is -0.432. The molecule has 1 aromatic rings. The van der Waals surface area contributed by atoms with Crippen molar-refractivity contribution in [1.82, 2.24) is 15.2 Å². The lowest BCUT2D eigenvalue weighted by atomic mass is 10.2. The number of hydrogen-bond acceptors (Lipinski definition) is 9. The van der Waals surface area contributed by atoms with Crippen molar-refractivity contribution in [2.24, 2.45) is 0 Å². The summed E-state index contributed by atoms with van der Waals surface area (Å²) in [6.07, 6.45) is -7.91. The number of hydrogen-bond donors (Lipinski definition) is 1. The highest BCUT2D eigenvalue weighted by molar-refractivity contribution is 7.94. The Balaban J connectivity index is 2.74. The Morgan fingerprint density at radius 3 is 2.50 bits per heavy atom.